The van der Waals surface area contributed by atoms with Crippen molar-refractivity contribution in [3.05, 3.63) is 31.4 Å². The summed E-state index contributed by atoms with van der Waals surface area (Å²) in [4.78, 5) is 0. The number of halogens is 3. The van der Waals surface area contributed by atoms with E-state index < -0.39 is 0 Å². The van der Waals surface area contributed by atoms with Crippen LogP contribution >= 0.6 is 49.9 Å². The van der Waals surface area contributed by atoms with Gasteiger partial charge in [-0.15, -0.1) is 11.3 Å². The molecule has 62 valence electrons. The van der Waals surface area contributed by atoms with Gasteiger partial charge in [0.15, 0.2) is 0 Å². The standard InChI is InChI=1S/C8H3BrFIS/c9-5-1-4-7(11)3-12-8(4)2-6(5)10/h1-3H. The Morgan fingerprint density at radius 1 is 1.42 bits per heavy atom. The van der Waals surface area contributed by atoms with Crippen LogP contribution in [0.15, 0.2) is 22.0 Å². The maximum Gasteiger partial charge on any atom is 0.138 e. The second-order valence-corrected chi connectivity index (χ2v) is 5.27. The molecule has 0 fully saturated rings. The molecule has 0 saturated heterocycles. The summed E-state index contributed by atoms with van der Waals surface area (Å²) in [6.45, 7) is 0. The first-order chi connectivity index (χ1) is 5.68. The lowest BCUT2D eigenvalue weighted by Gasteiger charge is -1.94. The number of thiophene rings is 1. The minimum absolute atomic E-state index is 0.194. The molecule has 0 atom stereocenters. The number of benzene rings is 1. The van der Waals surface area contributed by atoms with Crippen LogP contribution in [0.1, 0.15) is 0 Å². The lowest BCUT2D eigenvalue weighted by molar-refractivity contribution is 0.623. The quantitative estimate of drug-likeness (QED) is 0.613. The third kappa shape index (κ3) is 1.40. The molecular formula is C8H3BrFIS. The van der Waals surface area contributed by atoms with Crippen LogP contribution in [0, 0.1) is 9.39 Å². The van der Waals surface area contributed by atoms with Crippen molar-refractivity contribution in [1.29, 1.82) is 0 Å². The second kappa shape index (κ2) is 3.23. The monoisotopic (exact) mass is 356 g/mol. The van der Waals surface area contributed by atoms with Crippen LogP contribution in [0.4, 0.5) is 4.39 Å². The van der Waals surface area contributed by atoms with Gasteiger partial charge in [-0.1, -0.05) is 0 Å². The summed E-state index contributed by atoms with van der Waals surface area (Å²) in [6, 6.07) is 3.38. The smallest absolute Gasteiger partial charge is 0.138 e. The van der Waals surface area contributed by atoms with Gasteiger partial charge < -0.3 is 0 Å². The summed E-state index contributed by atoms with van der Waals surface area (Å²) in [5.74, 6) is -0.194. The first kappa shape index (κ1) is 8.90. The fraction of sp³-hybridized carbons (Fsp3) is 0. The van der Waals surface area contributed by atoms with Gasteiger partial charge in [0.25, 0.3) is 0 Å². The topological polar surface area (TPSA) is 0 Å². The second-order valence-electron chi connectivity index (χ2n) is 2.35. The summed E-state index contributed by atoms with van der Waals surface area (Å²) >= 11 is 6.98. The van der Waals surface area contributed by atoms with Crippen LogP contribution in [0.5, 0.6) is 0 Å². The summed E-state index contributed by atoms with van der Waals surface area (Å²) in [5.41, 5.74) is 0. The third-order valence-electron chi connectivity index (χ3n) is 1.57. The van der Waals surface area contributed by atoms with Gasteiger partial charge in [-0.25, -0.2) is 4.39 Å². The maximum atomic E-state index is 13.0. The molecule has 0 spiro atoms. The van der Waals surface area contributed by atoms with Crippen LogP contribution in [-0.2, 0) is 0 Å². The molecule has 1 aromatic heterocycles. The summed E-state index contributed by atoms with van der Waals surface area (Å²) in [7, 11) is 0. The van der Waals surface area contributed by atoms with Gasteiger partial charge in [0.05, 0.1) is 4.47 Å². The maximum absolute atomic E-state index is 13.0. The molecule has 0 aliphatic rings. The SMILES string of the molecule is Fc1cc2scc(I)c2cc1Br. The third-order valence-corrected chi connectivity index (χ3v) is 4.44. The number of rotatable bonds is 0. The van der Waals surface area contributed by atoms with Crippen molar-refractivity contribution in [3.8, 4) is 0 Å². The fourth-order valence-electron chi connectivity index (χ4n) is 0.991. The lowest BCUT2D eigenvalue weighted by Crippen LogP contribution is -1.75. The Kier molecular flexibility index (Phi) is 2.39. The van der Waals surface area contributed by atoms with E-state index in [1.54, 1.807) is 17.4 Å². The molecule has 0 aliphatic carbocycles. The lowest BCUT2D eigenvalue weighted by atomic mass is 10.3. The Bertz CT molecular complexity index is 438. The fourth-order valence-corrected chi connectivity index (χ4v) is 3.17. The molecule has 2 aromatic rings. The van der Waals surface area contributed by atoms with E-state index in [0.717, 1.165) is 10.1 Å². The zero-order valence-electron chi connectivity index (χ0n) is 5.77. The number of fused-ring (bicyclic) bond motifs is 1. The normalized spacial score (nSPS) is 10.9. The summed E-state index contributed by atoms with van der Waals surface area (Å²) in [5, 5.41) is 3.14. The molecule has 4 heteroatoms. The highest BCUT2D eigenvalue weighted by Gasteiger charge is 2.05. The predicted molar refractivity (Wildman–Crippen MR) is 62.2 cm³/mol. The van der Waals surface area contributed by atoms with Crippen molar-refractivity contribution >= 4 is 59.9 Å². The summed E-state index contributed by atoms with van der Waals surface area (Å²) in [6.07, 6.45) is 0. The first-order valence-electron chi connectivity index (χ1n) is 3.20. The van der Waals surface area contributed by atoms with Crippen LogP contribution in [0.3, 0.4) is 0 Å². The molecule has 0 aliphatic heterocycles. The van der Waals surface area contributed by atoms with Gasteiger partial charge in [0.2, 0.25) is 0 Å². The molecule has 0 nitrogen and oxygen atoms in total. The van der Waals surface area contributed by atoms with Gasteiger partial charge in [-0.05, 0) is 50.7 Å². The van der Waals surface area contributed by atoms with Gasteiger partial charge >= 0.3 is 0 Å². The van der Waals surface area contributed by atoms with Crippen LogP contribution in [0.25, 0.3) is 10.1 Å². The van der Waals surface area contributed by atoms with E-state index in [9.17, 15) is 4.39 Å². The van der Waals surface area contributed by atoms with Crippen LogP contribution in [-0.4, -0.2) is 0 Å². The first-order valence-corrected chi connectivity index (χ1v) is 5.95. The van der Waals surface area contributed by atoms with Crippen LogP contribution < -0.4 is 0 Å². The molecule has 0 unspecified atom stereocenters. The van der Waals surface area contributed by atoms with E-state index in [2.05, 4.69) is 38.5 Å². The minimum atomic E-state index is -0.194. The van der Waals surface area contributed by atoms with Crippen molar-refractivity contribution in [2.45, 2.75) is 0 Å². The zero-order chi connectivity index (χ0) is 8.72. The summed E-state index contributed by atoms with van der Waals surface area (Å²) < 4.78 is 15.7. The molecule has 0 amide bonds. The van der Waals surface area contributed by atoms with Crippen molar-refractivity contribution < 1.29 is 4.39 Å². The van der Waals surface area contributed by atoms with E-state index in [4.69, 9.17) is 0 Å². The Labute approximate surface area is 95.0 Å². The van der Waals surface area contributed by atoms with Gasteiger partial charge in [0, 0.05) is 19.0 Å². The van der Waals surface area contributed by atoms with E-state index >= 15 is 0 Å². The van der Waals surface area contributed by atoms with Crippen molar-refractivity contribution in [2.24, 2.45) is 0 Å². The minimum Gasteiger partial charge on any atom is -0.206 e. The molecular weight excluding hydrogens is 354 g/mol. The van der Waals surface area contributed by atoms with Gasteiger partial charge in [-0.2, -0.15) is 0 Å². The average molecular weight is 357 g/mol. The van der Waals surface area contributed by atoms with Crippen molar-refractivity contribution in [3.63, 3.8) is 0 Å². The molecule has 12 heavy (non-hydrogen) atoms. The van der Waals surface area contributed by atoms with Crippen molar-refractivity contribution in [1.82, 2.24) is 0 Å². The molecule has 1 heterocycles. The molecule has 2 rings (SSSR count). The molecule has 0 radical (unpaired) electrons. The Morgan fingerprint density at radius 3 is 2.92 bits per heavy atom. The predicted octanol–water partition coefficient (Wildman–Crippen LogP) is 4.41. The number of hydrogen-bond acceptors (Lipinski definition) is 1. The highest BCUT2D eigenvalue weighted by molar-refractivity contribution is 14.1. The van der Waals surface area contributed by atoms with Crippen molar-refractivity contribution in [2.75, 3.05) is 0 Å². The molecule has 1 aromatic carbocycles. The zero-order valence-corrected chi connectivity index (χ0v) is 10.3. The Balaban J connectivity index is 2.87. The highest BCUT2D eigenvalue weighted by Crippen LogP contribution is 2.31. The Morgan fingerprint density at radius 2 is 2.17 bits per heavy atom. The van der Waals surface area contributed by atoms with E-state index in [-0.39, 0.29) is 5.82 Å². The molecule has 0 N–H and O–H groups in total. The largest absolute Gasteiger partial charge is 0.206 e. The Hall–Kier alpha value is 0.320. The average Bonchev–Trinajstić information content (AvgIpc) is 2.35. The van der Waals surface area contributed by atoms with Gasteiger partial charge in [-0.3, -0.25) is 0 Å². The molecule has 0 saturated carbocycles. The van der Waals surface area contributed by atoms with E-state index in [1.807, 2.05) is 11.4 Å². The van der Waals surface area contributed by atoms with E-state index in [1.165, 1.54) is 3.57 Å². The molecule has 0 bridgehead atoms. The van der Waals surface area contributed by atoms with Gasteiger partial charge in [0.1, 0.15) is 5.82 Å². The highest BCUT2D eigenvalue weighted by atomic mass is 127. The van der Waals surface area contributed by atoms with E-state index in [0.29, 0.717) is 4.47 Å². The van der Waals surface area contributed by atoms with Crippen LogP contribution in [0.2, 0.25) is 0 Å². The number of hydrogen-bond donors (Lipinski definition) is 0.